The molecule has 0 amide bonds. The lowest BCUT2D eigenvalue weighted by Gasteiger charge is -2.23. The zero-order valence-corrected chi connectivity index (χ0v) is 20.3. The molecule has 8 nitrogen and oxygen atoms in total. The number of ether oxygens (including phenoxy) is 1. The van der Waals surface area contributed by atoms with Gasteiger partial charge in [0.2, 0.25) is 5.88 Å². The van der Waals surface area contributed by atoms with E-state index in [4.69, 9.17) is 4.74 Å². The number of aliphatic imine (C=N–C) groups is 1. The second kappa shape index (κ2) is 11.5. The number of halogens is 1. The lowest BCUT2D eigenvalue weighted by atomic mass is 10.00. The van der Waals surface area contributed by atoms with E-state index in [-0.39, 0.29) is 30.1 Å². The summed E-state index contributed by atoms with van der Waals surface area (Å²) < 4.78 is 7.78. The molecule has 3 N–H and O–H groups in total. The molecule has 30 heavy (non-hydrogen) atoms. The minimum atomic E-state index is -1.06. The summed E-state index contributed by atoms with van der Waals surface area (Å²) >= 11 is 0. The van der Waals surface area contributed by atoms with Crippen LogP contribution >= 0.6 is 24.0 Å². The summed E-state index contributed by atoms with van der Waals surface area (Å²) in [6.07, 6.45) is 10.1. The summed E-state index contributed by atoms with van der Waals surface area (Å²) in [5.74, 6) is 1.30. The van der Waals surface area contributed by atoms with Crippen molar-refractivity contribution in [3.8, 4) is 5.88 Å². The fraction of sp³-hybridized carbons (Fsp3) is 0.571. The Morgan fingerprint density at radius 3 is 2.80 bits per heavy atom. The van der Waals surface area contributed by atoms with E-state index in [1.165, 1.54) is 12.8 Å². The maximum atomic E-state index is 10.8. The summed E-state index contributed by atoms with van der Waals surface area (Å²) in [5, 5.41) is 21.4. The van der Waals surface area contributed by atoms with E-state index in [0.29, 0.717) is 24.9 Å². The van der Waals surface area contributed by atoms with E-state index < -0.39 is 5.60 Å². The quantitative estimate of drug-likeness (QED) is 0.277. The summed E-state index contributed by atoms with van der Waals surface area (Å²) in [4.78, 5) is 9.08. The van der Waals surface area contributed by atoms with Crippen molar-refractivity contribution in [3.05, 3.63) is 41.9 Å². The van der Waals surface area contributed by atoms with E-state index in [9.17, 15) is 5.11 Å². The third-order valence-electron chi connectivity index (χ3n) is 5.11. The Kier molecular flexibility index (Phi) is 9.35. The molecule has 2 aromatic rings. The van der Waals surface area contributed by atoms with Gasteiger partial charge < -0.3 is 20.5 Å². The molecule has 1 atom stereocenters. The minimum absolute atomic E-state index is 0. The van der Waals surface area contributed by atoms with Crippen LogP contribution in [-0.4, -0.2) is 45.0 Å². The van der Waals surface area contributed by atoms with Crippen LogP contribution in [0.3, 0.4) is 0 Å². The van der Waals surface area contributed by atoms with Crippen molar-refractivity contribution in [1.82, 2.24) is 25.4 Å². The average Bonchev–Trinajstić information content (AvgIpc) is 3.37. The van der Waals surface area contributed by atoms with Gasteiger partial charge in [0, 0.05) is 37.1 Å². The lowest BCUT2D eigenvalue weighted by Crippen LogP contribution is -2.44. The molecule has 0 bridgehead atoms. The van der Waals surface area contributed by atoms with Crippen LogP contribution in [-0.2, 0) is 19.2 Å². The molecule has 1 unspecified atom stereocenters. The molecule has 0 spiro atoms. The Morgan fingerprint density at radius 1 is 1.37 bits per heavy atom. The van der Waals surface area contributed by atoms with Crippen molar-refractivity contribution >= 4 is 29.9 Å². The van der Waals surface area contributed by atoms with Crippen molar-refractivity contribution in [1.29, 1.82) is 0 Å². The Bertz CT molecular complexity index is 817. The standard InChI is InChI=1S/C21H32N6O2.HI/c1-4-22-20(25-15-21(2,28)17-13-26-27(3)14-17)24-12-16-8-7-11-23-19(16)29-18-9-5-6-10-18;/h7-8,11,13-14,18,28H,4-6,9-10,12,15H2,1-3H3,(H2,22,24,25);1H. The van der Waals surface area contributed by atoms with Crippen molar-refractivity contribution in [3.63, 3.8) is 0 Å². The van der Waals surface area contributed by atoms with Gasteiger partial charge in [-0.3, -0.25) is 4.68 Å². The molecule has 0 radical (unpaired) electrons. The molecule has 0 aliphatic heterocycles. The van der Waals surface area contributed by atoms with Gasteiger partial charge in [-0.15, -0.1) is 24.0 Å². The molecule has 1 aliphatic carbocycles. The lowest BCUT2D eigenvalue weighted by molar-refractivity contribution is 0.0616. The van der Waals surface area contributed by atoms with Gasteiger partial charge in [-0.05, 0) is 45.6 Å². The topological polar surface area (TPSA) is 96.6 Å². The predicted molar refractivity (Wildman–Crippen MR) is 128 cm³/mol. The highest BCUT2D eigenvalue weighted by atomic mass is 127. The number of hydrogen-bond acceptors (Lipinski definition) is 5. The van der Waals surface area contributed by atoms with E-state index in [2.05, 4.69) is 25.7 Å². The van der Waals surface area contributed by atoms with E-state index in [1.54, 1.807) is 24.0 Å². The molecule has 1 saturated carbocycles. The van der Waals surface area contributed by atoms with Gasteiger partial charge in [0.25, 0.3) is 0 Å². The molecule has 2 heterocycles. The van der Waals surface area contributed by atoms with Crippen molar-refractivity contribution in [2.45, 2.75) is 57.8 Å². The zero-order valence-electron chi connectivity index (χ0n) is 18.0. The summed E-state index contributed by atoms with van der Waals surface area (Å²) in [7, 11) is 1.83. The highest BCUT2D eigenvalue weighted by molar-refractivity contribution is 14.0. The highest BCUT2D eigenvalue weighted by Crippen LogP contribution is 2.25. The summed E-state index contributed by atoms with van der Waals surface area (Å²) in [5.41, 5.74) is 0.647. The molecule has 2 aromatic heterocycles. The first-order chi connectivity index (χ1) is 14.0. The molecule has 1 fully saturated rings. The second-order valence-electron chi connectivity index (χ2n) is 7.72. The van der Waals surface area contributed by atoms with E-state index in [0.717, 1.165) is 30.5 Å². The number of hydrogen-bond donors (Lipinski definition) is 3. The number of nitrogens with one attached hydrogen (secondary N) is 2. The number of aromatic nitrogens is 3. The summed E-state index contributed by atoms with van der Waals surface area (Å²) in [6.45, 7) is 5.24. The monoisotopic (exact) mass is 528 g/mol. The predicted octanol–water partition coefficient (Wildman–Crippen LogP) is 2.72. The summed E-state index contributed by atoms with van der Waals surface area (Å²) in [6, 6.07) is 3.90. The maximum absolute atomic E-state index is 10.8. The number of aryl methyl sites for hydroxylation is 1. The molecule has 1 aliphatic rings. The van der Waals surface area contributed by atoms with Gasteiger partial charge in [0.05, 0.1) is 19.3 Å². The van der Waals surface area contributed by atoms with Crippen LogP contribution in [0.1, 0.15) is 50.7 Å². The van der Waals surface area contributed by atoms with E-state index in [1.807, 2.05) is 32.3 Å². The minimum Gasteiger partial charge on any atom is -0.474 e. The van der Waals surface area contributed by atoms with Crippen LogP contribution in [0, 0.1) is 0 Å². The largest absolute Gasteiger partial charge is 0.474 e. The van der Waals surface area contributed by atoms with Gasteiger partial charge in [-0.25, -0.2) is 9.98 Å². The Balaban J connectivity index is 0.00000320. The van der Waals surface area contributed by atoms with Gasteiger partial charge >= 0.3 is 0 Å². The van der Waals surface area contributed by atoms with Crippen LogP contribution in [0.4, 0.5) is 0 Å². The van der Waals surface area contributed by atoms with Crippen molar-refractivity contribution in [2.24, 2.45) is 12.0 Å². The van der Waals surface area contributed by atoms with Crippen LogP contribution in [0.5, 0.6) is 5.88 Å². The fourth-order valence-corrected chi connectivity index (χ4v) is 3.38. The molecule has 166 valence electrons. The second-order valence-corrected chi connectivity index (χ2v) is 7.72. The first-order valence-corrected chi connectivity index (χ1v) is 10.3. The molecule has 9 heteroatoms. The molecule has 0 aromatic carbocycles. The van der Waals surface area contributed by atoms with Crippen molar-refractivity contribution < 1.29 is 9.84 Å². The Hall–Kier alpha value is -1.88. The fourth-order valence-electron chi connectivity index (χ4n) is 3.38. The Labute approximate surface area is 195 Å². The number of guanidine groups is 1. The third-order valence-corrected chi connectivity index (χ3v) is 5.11. The molecule has 3 rings (SSSR count). The Morgan fingerprint density at radius 2 is 2.13 bits per heavy atom. The number of rotatable bonds is 8. The highest BCUT2D eigenvalue weighted by Gasteiger charge is 2.25. The normalized spacial score (nSPS) is 16.6. The van der Waals surface area contributed by atoms with Crippen LogP contribution in [0.25, 0.3) is 0 Å². The van der Waals surface area contributed by atoms with Crippen LogP contribution < -0.4 is 15.4 Å². The van der Waals surface area contributed by atoms with Gasteiger partial charge in [-0.1, -0.05) is 6.07 Å². The van der Waals surface area contributed by atoms with Gasteiger partial charge in [0.1, 0.15) is 11.7 Å². The van der Waals surface area contributed by atoms with Crippen molar-refractivity contribution in [2.75, 3.05) is 13.1 Å². The van der Waals surface area contributed by atoms with Crippen LogP contribution in [0.15, 0.2) is 35.7 Å². The van der Waals surface area contributed by atoms with E-state index >= 15 is 0 Å². The number of pyridine rings is 1. The maximum Gasteiger partial charge on any atom is 0.218 e. The zero-order chi connectivity index (χ0) is 20.7. The van der Waals surface area contributed by atoms with Gasteiger partial charge in [-0.2, -0.15) is 5.10 Å². The number of nitrogens with zero attached hydrogens (tertiary/aromatic N) is 4. The smallest absolute Gasteiger partial charge is 0.218 e. The SMILES string of the molecule is CCNC(=NCc1cccnc1OC1CCCC1)NCC(C)(O)c1cnn(C)c1.I. The van der Waals surface area contributed by atoms with Gasteiger partial charge in [0.15, 0.2) is 5.96 Å². The first kappa shape index (κ1) is 24.4. The average molecular weight is 528 g/mol. The first-order valence-electron chi connectivity index (χ1n) is 10.3. The third kappa shape index (κ3) is 6.83. The molecule has 0 saturated heterocycles. The molecular weight excluding hydrogens is 495 g/mol. The van der Waals surface area contributed by atoms with Crippen LogP contribution in [0.2, 0.25) is 0 Å². The molecular formula is C21H33IN6O2. The number of aliphatic hydroxyl groups is 1.